The highest BCUT2D eigenvalue weighted by molar-refractivity contribution is 6.30. The number of carbonyl (C=O) groups is 1. The summed E-state index contributed by atoms with van der Waals surface area (Å²) in [6.07, 6.45) is 0.117. The first-order valence-electron chi connectivity index (χ1n) is 8.62. The number of ether oxygens (including phenoxy) is 1. The summed E-state index contributed by atoms with van der Waals surface area (Å²) in [5.74, 6) is -0.675. The van der Waals surface area contributed by atoms with Crippen molar-refractivity contribution in [2.45, 2.75) is 30.3 Å². The highest BCUT2D eigenvalue weighted by Gasteiger charge is 2.63. The monoisotopic (exact) mass is 371 g/mol. The Bertz CT molecular complexity index is 878. The lowest BCUT2D eigenvalue weighted by Crippen LogP contribution is -2.66. The fourth-order valence-electron chi connectivity index (χ4n) is 4.57. The molecule has 2 saturated heterocycles. The third kappa shape index (κ3) is 2.20. The number of halogens is 1. The van der Waals surface area contributed by atoms with Crippen molar-refractivity contribution in [3.63, 3.8) is 0 Å². The number of hydrogen-bond acceptors (Lipinski definition) is 5. The molecule has 2 bridgehead atoms. The standard InChI is InChI=1S/C19H18ClN3O3/c20-11-6-7-14-12(8-11)13-9-19(26-14,18(24)25)15-16(22-23-17(15)21-13)10-4-2-1-3-5-10/h1-8,13,15-17,21-23H,9H2,(H,24,25). The summed E-state index contributed by atoms with van der Waals surface area (Å²) < 4.78 is 6.19. The molecule has 0 amide bonds. The van der Waals surface area contributed by atoms with E-state index in [2.05, 4.69) is 16.2 Å². The summed E-state index contributed by atoms with van der Waals surface area (Å²) in [5, 5.41) is 14.3. The maximum Gasteiger partial charge on any atom is 0.348 e. The van der Waals surface area contributed by atoms with Crippen molar-refractivity contribution < 1.29 is 14.6 Å². The second kappa shape index (κ2) is 5.69. The van der Waals surface area contributed by atoms with Crippen LogP contribution < -0.4 is 20.9 Å². The molecule has 2 fully saturated rings. The molecule has 4 N–H and O–H groups in total. The van der Waals surface area contributed by atoms with Crippen LogP contribution in [0.2, 0.25) is 5.02 Å². The zero-order chi connectivity index (χ0) is 17.9. The molecule has 26 heavy (non-hydrogen) atoms. The van der Waals surface area contributed by atoms with Crippen molar-refractivity contribution in [1.29, 1.82) is 0 Å². The molecule has 0 spiro atoms. The Morgan fingerprint density at radius 1 is 1.19 bits per heavy atom. The smallest absolute Gasteiger partial charge is 0.348 e. The zero-order valence-electron chi connectivity index (χ0n) is 13.8. The van der Waals surface area contributed by atoms with E-state index in [0.29, 0.717) is 17.2 Å². The van der Waals surface area contributed by atoms with Crippen molar-refractivity contribution in [3.05, 3.63) is 64.7 Å². The minimum absolute atomic E-state index is 0.140. The Hall–Kier alpha value is -2.12. The molecule has 0 saturated carbocycles. The van der Waals surface area contributed by atoms with E-state index in [0.717, 1.165) is 11.1 Å². The summed E-state index contributed by atoms with van der Waals surface area (Å²) >= 11 is 6.14. The normalized spacial score (nSPS) is 34.5. The van der Waals surface area contributed by atoms with Crippen LogP contribution in [0.25, 0.3) is 0 Å². The van der Waals surface area contributed by atoms with Gasteiger partial charge in [-0.15, -0.1) is 0 Å². The molecule has 3 aliphatic heterocycles. The van der Waals surface area contributed by atoms with Crippen molar-refractivity contribution in [2.24, 2.45) is 5.92 Å². The van der Waals surface area contributed by atoms with Gasteiger partial charge in [0.25, 0.3) is 0 Å². The van der Waals surface area contributed by atoms with E-state index < -0.39 is 11.6 Å². The van der Waals surface area contributed by atoms with E-state index in [9.17, 15) is 9.90 Å². The fraction of sp³-hybridized carbons (Fsp3) is 0.316. The number of carboxylic acid groups (broad SMARTS) is 1. The lowest BCUT2D eigenvalue weighted by molar-refractivity contribution is -0.170. The summed E-state index contributed by atoms with van der Waals surface area (Å²) in [6.45, 7) is 0. The van der Waals surface area contributed by atoms with Gasteiger partial charge in [0, 0.05) is 23.0 Å². The van der Waals surface area contributed by atoms with E-state index in [1.165, 1.54) is 0 Å². The van der Waals surface area contributed by atoms with Gasteiger partial charge in [0.05, 0.1) is 18.1 Å². The Balaban J connectivity index is 1.63. The number of hydrogen-bond donors (Lipinski definition) is 4. The topological polar surface area (TPSA) is 82.6 Å². The molecule has 2 aromatic carbocycles. The number of nitrogens with one attached hydrogen (secondary N) is 3. The van der Waals surface area contributed by atoms with Crippen LogP contribution in [0, 0.1) is 5.92 Å². The van der Waals surface area contributed by atoms with E-state index in [-0.39, 0.29) is 24.2 Å². The second-order valence-corrected chi connectivity index (χ2v) is 7.52. The van der Waals surface area contributed by atoms with Crippen LogP contribution in [-0.2, 0) is 4.79 Å². The van der Waals surface area contributed by atoms with Crippen LogP contribution >= 0.6 is 11.6 Å². The number of rotatable bonds is 2. The van der Waals surface area contributed by atoms with Crippen LogP contribution in [0.4, 0.5) is 0 Å². The van der Waals surface area contributed by atoms with Crippen LogP contribution in [0.1, 0.15) is 29.6 Å². The Kier molecular flexibility index (Phi) is 3.52. The molecular weight excluding hydrogens is 354 g/mol. The first-order chi connectivity index (χ1) is 12.6. The summed E-state index contributed by atoms with van der Waals surface area (Å²) in [4.78, 5) is 12.4. The van der Waals surface area contributed by atoms with Crippen LogP contribution in [-0.4, -0.2) is 22.8 Å². The average Bonchev–Trinajstić information content (AvgIpc) is 3.08. The molecule has 134 valence electrons. The van der Waals surface area contributed by atoms with Gasteiger partial charge in [0.2, 0.25) is 5.60 Å². The molecule has 0 aromatic heterocycles. The number of hydrazine groups is 1. The first-order valence-corrected chi connectivity index (χ1v) is 9.00. The summed E-state index contributed by atoms with van der Waals surface area (Å²) in [7, 11) is 0. The quantitative estimate of drug-likeness (QED) is 0.649. The fourth-order valence-corrected chi connectivity index (χ4v) is 4.75. The van der Waals surface area contributed by atoms with Gasteiger partial charge in [-0.1, -0.05) is 41.9 Å². The first kappa shape index (κ1) is 16.1. The largest absolute Gasteiger partial charge is 0.478 e. The predicted molar refractivity (Wildman–Crippen MR) is 95.7 cm³/mol. The van der Waals surface area contributed by atoms with Crippen LogP contribution in [0.3, 0.4) is 0 Å². The highest BCUT2D eigenvalue weighted by atomic mass is 35.5. The van der Waals surface area contributed by atoms with Crippen molar-refractivity contribution in [3.8, 4) is 5.75 Å². The molecule has 3 heterocycles. The summed E-state index contributed by atoms with van der Waals surface area (Å²) in [6, 6.07) is 14.9. The molecule has 6 nitrogen and oxygen atoms in total. The van der Waals surface area contributed by atoms with Crippen LogP contribution in [0.5, 0.6) is 5.75 Å². The van der Waals surface area contributed by atoms with Gasteiger partial charge >= 0.3 is 5.97 Å². The lowest BCUT2D eigenvalue weighted by atomic mass is 9.69. The van der Waals surface area contributed by atoms with Gasteiger partial charge in [0.1, 0.15) is 5.75 Å². The molecule has 5 atom stereocenters. The number of fused-ring (bicyclic) bond motifs is 6. The molecule has 2 aromatic rings. The lowest BCUT2D eigenvalue weighted by Gasteiger charge is -2.50. The molecule has 5 rings (SSSR count). The third-order valence-electron chi connectivity index (χ3n) is 5.70. The van der Waals surface area contributed by atoms with E-state index in [1.807, 2.05) is 36.4 Å². The Morgan fingerprint density at radius 3 is 2.77 bits per heavy atom. The van der Waals surface area contributed by atoms with Gasteiger partial charge in [-0.25, -0.2) is 15.6 Å². The van der Waals surface area contributed by atoms with Gasteiger partial charge in [-0.05, 0) is 23.8 Å². The van der Waals surface area contributed by atoms with E-state index in [4.69, 9.17) is 16.3 Å². The molecule has 0 radical (unpaired) electrons. The Labute approximate surface area is 155 Å². The third-order valence-corrected chi connectivity index (χ3v) is 5.93. The van der Waals surface area contributed by atoms with E-state index in [1.54, 1.807) is 12.1 Å². The maximum absolute atomic E-state index is 12.4. The van der Waals surface area contributed by atoms with Crippen molar-refractivity contribution in [1.82, 2.24) is 16.2 Å². The molecule has 7 heteroatoms. The predicted octanol–water partition coefficient (Wildman–Crippen LogP) is 2.38. The minimum Gasteiger partial charge on any atom is -0.478 e. The number of aliphatic carboxylic acids is 1. The minimum atomic E-state index is -1.32. The second-order valence-electron chi connectivity index (χ2n) is 7.08. The SMILES string of the molecule is O=C(O)C12CC(NC3NNC(c4ccccc4)C31)c1cc(Cl)ccc1O2. The van der Waals surface area contributed by atoms with Gasteiger partial charge < -0.3 is 9.84 Å². The molecule has 5 unspecified atom stereocenters. The average molecular weight is 372 g/mol. The van der Waals surface area contributed by atoms with Crippen molar-refractivity contribution in [2.75, 3.05) is 0 Å². The summed E-state index contributed by atoms with van der Waals surface area (Å²) in [5.41, 5.74) is 7.09. The number of piperidine rings is 1. The van der Waals surface area contributed by atoms with E-state index >= 15 is 0 Å². The van der Waals surface area contributed by atoms with Crippen molar-refractivity contribution >= 4 is 17.6 Å². The van der Waals surface area contributed by atoms with Crippen LogP contribution in [0.15, 0.2) is 48.5 Å². The Morgan fingerprint density at radius 2 is 2.00 bits per heavy atom. The van der Waals surface area contributed by atoms with Gasteiger partial charge in [-0.3, -0.25) is 5.32 Å². The number of carboxylic acids is 1. The molecular formula is C19H18ClN3O3. The van der Waals surface area contributed by atoms with Gasteiger partial charge in [-0.2, -0.15) is 0 Å². The number of benzene rings is 2. The highest BCUT2D eigenvalue weighted by Crippen LogP contribution is 2.52. The maximum atomic E-state index is 12.4. The van der Waals surface area contributed by atoms with Gasteiger partial charge in [0.15, 0.2) is 0 Å². The zero-order valence-corrected chi connectivity index (χ0v) is 14.5. The molecule has 0 aliphatic carbocycles. The molecule has 3 aliphatic rings.